The summed E-state index contributed by atoms with van der Waals surface area (Å²) in [7, 11) is 0. The predicted molar refractivity (Wildman–Crippen MR) is 336 cm³/mol. The third kappa shape index (κ3) is 47.8. The summed E-state index contributed by atoms with van der Waals surface area (Å²) in [5.41, 5.74) is 0. The van der Waals surface area contributed by atoms with Crippen molar-refractivity contribution < 1.29 is 39.8 Å². The topological polar surface area (TPSA) is 149 Å². The van der Waals surface area contributed by atoms with Gasteiger partial charge in [0, 0.05) is 6.42 Å². The molecule has 1 saturated heterocycles. The van der Waals surface area contributed by atoms with Crippen molar-refractivity contribution in [2.24, 2.45) is 0 Å². The van der Waals surface area contributed by atoms with E-state index in [0.29, 0.717) is 12.8 Å². The molecule has 9 nitrogen and oxygen atoms in total. The minimum atomic E-state index is -1.55. The molecule has 7 atom stereocenters. The summed E-state index contributed by atoms with van der Waals surface area (Å²) in [6, 6.07) is -0.721. The van der Waals surface area contributed by atoms with Crippen LogP contribution in [0.15, 0.2) is 72.9 Å². The van der Waals surface area contributed by atoms with Crippen LogP contribution in [0.2, 0.25) is 0 Å². The number of hydrogen-bond donors (Lipinski definition) is 6. The Bertz CT molecular complexity index is 1470. The molecule has 0 aromatic rings. The number of aliphatic hydroxyl groups is 5. The highest BCUT2D eigenvalue weighted by atomic mass is 16.7. The summed E-state index contributed by atoms with van der Waals surface area (Å²) in [6.07, 6.45) is 75.3. The monoisotopic (exact) mass is 1110 g/mol. The van der Waals surface area contributed by atoms with Gasteiger partial charge >= 0.3 is 0 Å². The Labute approximate surface area is 487 Å². The Balaban J connectivity index is 2.09. The molecule has 0 bridgehead atoms. The normalized spacial score (nSPS) is 19.0. The number of aliphatic hydroxyl groups excluding tert-OH is 5. The van der Waals surface area contributed by atoms with Gasteiger partial charge in [0.25, 0.3) is 0 Å². The van der Waals surface area contributed by atoms with Crippen molar-refractivity contribution in [2.75, 3.05) is 13.2 Å². The summed E-state index contributed by atoms with van der Waals surface area (Å²) in [6.45, 7) is 3.76. The van der Waals surface area contributed by atoms with Crippen molar-refractivity contribution in [1.82, 2.24) is 5.32 Å². The highest BCUT2D eigenvalue weighted by Gasteiger charge is 2.44. The first kappa shape index (κ1) is 74.6. The largest absolute Gasteiger partial charge is 0.394 e. The van der Waals surface area contributed by atoms with Crippen molar-refractivity contribution in [1.29, 1.82) is 0 Å². The van der Waals surface area contributed by atoms with Gasteiger partial charge < -0.3 is 40.3 Å². The average Bonchev–Trinajstić information content (AvgIpc) is 3.46. The van der Waals surface area contributed by atoms with Gasteiger partial charge in [0.2, 0.25) is 5.91 Å². The third-order valence-corrected chi connectivity index (χ3v) is 15.8. The zero-order valence-corrected chi connectivity index (χ0v) is 51.4. The van der Waals surface area contributed by atoms with Gasteiger partial charge in [-0.25, -0.2) is 0 Å². The van der Waals surface area contributed by atoms with E-state index in [2.05, 4.69) is 92.1 Å². The first-order chi connectivity index (χ1) is 38.8. The lowest BCUT2D eigenvalue weighted by Crippen LogP contribution is -2.60. The van der Waals surface area contributed by atoms with Crippen LogP contribution in [0.25, 0.3) is 0 Å². The van der Waals surface area contributed by atoms with E-state index in [1.807, 2.05) is 0 Å². The van der Waals surface area contributed by atoms with E-state index in [-0.39, 0.29) is 12.5 Å². The second-order valence-corrected chi connectivity index (χ2v) is 23.2. The van der Waals surface area contributed by atoms with Crippen molar-refractivity contribution >= 4 is 5.91 Å². The zero-order chi connectivity index (χ0) is 57.2. The fourth-order valence-corrected chi connectivity index (χ4v) is 10.6. The molecule has 1 fully saturated rings. The maximum absolute atomic E-state index is 13.1. The molecule has 0 aromatic carbocycles. The fourth-order valence-electron chi connectivity index (χ4n) is 10.6. The van der Waals surface area contributed by atoms with E-state index in [0.717, 1.165) is 77.0 Å². The number of hydrogen-bond acceptors (Lipinski definition) is 8. The van der Waals surface area contributed by atoms with E-state index in [1.54, 1.807) is 0 Å². The molecule has 1 aliphatic heterocycles. The average molecular weight is 1110 g/mol. The molecule has 7 unspecified atom stereocenters. The van der Waals surface area contributed by atoms with Gasteiger partial charge in [0.1, 0.15) is 24.4 Å². The van der Waals surface area contributed by atoms with Crippen LogP contribution in [0.1, 0.15) is 309 Å². The molecule has 1 amide bonds. The summed E-state index contributed by atoms with van der Waals surface area (Å²) in [5, 5.41) is 54.8. The van der Waals surface area contributed by atoms with Gasteiger partial charge in [0.15, 0.2) is 6.29 Å². The summed E-state index contributed by atoms with van der Waals surface area (Å²) in [5.74, 6) is -0.141. The van der Waals surface area contributed by atoms with Crippen LogP contribution in [-0.4, -0.2) is 87.5 Å². The Hall–Kier alpha value is -2.37. The maximum atomic E-state index is 13.1. The van der Waals surface area contributed by atoms with Crippen molar-refractivity contribution in [3.05, 3.63) is 72.9 Å². The van der Waals surface area contributed by atoms with Crippen molar-refractivity contribution in [3.63, 3.8) is 0 Å². The highest BCUT2D eigenvalue weighted by molar-refractivity contribution is 5.76. The van der Waals surface area contributed by atoms with Crippen molar-refractivity contribution in [3.8, 4) is 0 Å². The van der Waals surface area contributed by atoms with Gasteiger partial charge in [-0.3, -0.25) is 4.79 Å². The molecule has 0 aromatic heterocycles. The van der Waals surface area contributed by atoms with E-state index < -0.39 is 49.5 Å². The van der Waals surface area contributed by atoms with Crippen LogP contribution in [0.3, 0.4) is 0 Å². The Morgan fingerprint density at radius 3 is 1.16 bits per heavy atom. The SMILES string of the molecule is CC/C=C\C/C=C\C/C=C\C/C=C\C/C=C\C/C=C\CCCCCCCCCCCCCCCCCCCCC(=O)NC(COC1OC(CO)C(O)C(O)C1O)C(O)CCCCCCCCCCCCCCCCCCCCC. The number of ether oxygens (including phenoxy) is 2. The smallest absolute Gasteiger partial charge is 0.220 e. The lowest BCUT2D eigenvalue weighted by molar-refractivity contribution is -0.302. The lowest BCUT2D eigenvalue weighted by Gasteiger charge is -2.40. The van der Waals surface area contributed by atoms with Gasteiger partial charge in [-0.2, -0.15) is 0 Å². The minimum Gasteiger partial charge on any atom is -0.394 e. The Kier molecular flexibility index (Phi) is 55.6. The molecule has 79 heavy (non-hydrogen) atoms. The van der Waals surface area contributed by atoms with Gasteiger partial charge in [-0.05, 0) is 64.2 Å². The van der Waals surface area contributed by atoms with Gasteiger partial charge in [0.05, 0.1) is 25.4 Å². The lowest BCUT2D eigenvalue weighted by atomic mass is 9.99. The van der Waals surface area contributed by atoms with Crippen LogP contribution in [0, 0.1) is 0 Å². The van der Waals surface area contributed by atoms with Crippen molar-refractivity contribution in [2.45, 2.75) is 352 Å². The number of nitrogens with one attached hydrogen (secondary N) is 1. The van der Waals surface area contributed by atoms with Crippen LogP contribution in [-0.2, 0) is 14.3 Å². The molecule has 1 heterocycles. The standard InChI is InChI=1S/C70H127NO8/c1-3-5-7-9-11-13-15-17-19-21-23-24-25-26-27-28-29-30-31-32-33-34-35-36-37-38-39-40-42-44-46-48-50-52-54-56-58-60-66(74)71-63(62-78-70-69(77)68(76)67(75)65(61-72)79-70)64(73)59-57-55-53-51-49-47-45-43-41-22-20-18-16-14-12-10-8-6-4-2/h5,7,11,13,17,19,23-24,26-27,29-30,63-65,67-70,72-73,75-77H,3-4,6,8-10,12,14-16,18,20-22,25,28,31-62H2,1-2H3,(H,71,74)/b7-5-,13-11-,19-17-,24-23-,27-26-,30-29-. The fraction of sp³-hybridized carbons (Fsp3) is 0.814. The number of carbonyl (C=O) groups excluding carboxylic acids is 1. The van der Waals surface area contributed by atoms with Crippen LogP contribution in [0.5, 0.6) is 0 Å². The molecular formula is C70H127NO8. The van der Waals surface area contributed by atoms with E-state index in [4.69, 9.17) is 9.47 Å². The molecular weight excluding hydrogens is 983 g/mol. The second kappa shape index (κ2) is 58.8. The van der Waals surface area contributed by atoms with Crippen LogP contribution < -0.4 is 5.32 Å². The summed E-state index contributed by atoms with van der Waals surface area (Å²) in [4.78, 5) is 13.1. The molecule has 0 aliphatic carbocycles. The van der Waals surface area contributed by atoms with Gasteiger partial charge in [-0.15, -0.1) is 0 Å². The first-order valence-electron chi connectivity index (χ1n) is 33.6. The predicted octanol–water partition coefficient (Wildman–Crippen LogP) is 18.0. The maximum Gasteiger partial charge on any atom is 0.220 e. The molecule has 1 aliphatic rings. The number of unbranched alkanes of at least 4 members (excludes halogenated alkanes) is 36. The number of carbonyl (C=O) groups is 1. The number of amides is 1. The third-order valence-electron chi connectivity index (χ3n) is 15.8. The summed E-state index contributed by atoms with van der Waals surface area (Å²) < 4.78 is 11.4. The Morgan fingerprint density at radius 1 is 0.443 bits per heavy atom. The van der Waals surface area contributed by atoms with E-state index in [1.165, 1.54) is 205 Å². The minimum absolute atomic E-state index is 0.136. The second-order valence-electron chi connectivity index (χ2n) is 23.2. The van der Waals surface area contributed by atoms with Crippen LogP contribution >= 0.6 is 0 Å². The zero-order valence-electron chi connectivity index (χ0n) is 51.4. The molecule has 460 valence electrons. The summed E-state index contributed by atoms with van der Waals surface area (Å²) >= 11 is 0. The van der Waals surface area contributed by atoms with Crippen LogP contribution in [0.4, 0.5) is 0 Å². The molecule has 6 N–H and O–H groups in total. The Morgan fingerprint density at radius 2 is 0.785 bits per heavy atom. The number of allylic oxidation sites excluding steroid dienone is 12. The quantitative estimate of drug-likeness (QED) is 0.0261. The highest BCUT2D eigenvalue weighted by Crippen LogP contribution is 2.23. The molecule has 9 heteroatoms. The van der Waals surface area contributed by atoms with E-state index >= 15 is 0 Å². The first-order valence-corrected chi connectivity index (χ1v) is 33.6. The van der Waals surface area contributed by atoms with E-state index in [9.17, 15) is 30.3 Å². The van der Waals surface area contributed by atoms with Gasteiger partial charge in [-0.1, -0.05) is 311 Å². The molecule has 0 spiro atoms. The molecule has 1 rings (SSSR count). The number of rotatable bonds is 58. The molecule has 0 saturated carbocycles. The molecule has 0 radical (unpaired) electrons.